The molecule has 5 nitrogen and oxygen atoms in total. The topological polar surface area (TPSA) is 67.4 Å². The average molecular weight is 357 g/mol. The van der Waals surface area contributed by atoms with Gasteiger partial charge in [-0.2, -0.15) is 0 Å². The van der Waals surface area contributed by atoms with Gasteiger partial charge >= 0.3 is 12.0 Å². The summed E-state index contributed by atoms with van der Waals surface area (Å²) in [7, 11) is 0. The van der Waals surface area contributed by atoms with Crippen molar-refractivity contribution in [1.29, 1.82) is 0 Å². The molecular weight excluding hydrogens is 340 g/mol. The maximum Gasteiger partial charge on any atom is 0.338 e. The third kappa shape index (κ3) is 4.00. The van der Waals surface area contributed by atoms with E-state index < -0.39 is 12.0 Å². The van der Waals surface area contributed by atoms with Gasteiger partial charge in [0.15, 0.2) is 0 Å². The van der Waals surface area contributed by atoms with Crippen molar-refractivity contribution in [2.75, 3.05) is 0 Å². The van der Waals surface area contributed by atoms with Crippen LogP contribution >= 0.6 is 11.6 Å². The van der Waals surface area contributed by atoms with Crippen molar-refractivity contribution < 1.29 is 14.3 Å². The van der Waals surface area contributed by atoms with Gasteiger partial charge in [0.25, 0.3) is 0 Å². The molecule has 0 radical (unpaired) electrons. The molecule has 2 N–H and O–H groups in total. The van der Waals surface area contributed by atoms with E-state index in [1.54, 1.807) is 31.2 Å². The van der Waals surface area contributed by atoms with E-state index in [2.05, 4.69) is 10.6 Å². The van der Waals surface area contributed by atoms with Crippen molar-refractivity contribution in [3.8, 4) is 0 Å². The van der Waals surface area contributed by atoms with Crippen molar-refractivity contribution >= 4 is 23.6 Å². The highest BCUT2D eigenvalue weighted by Crippen LogP contribution is 2.27. The van der Waals surface area contributed by atoms with Crippen LogP contribution in [0.25, 0.3) is 0 Å². The van der Waals surface area contributed by atoms with Crippen LogP contribution in [0.3, 0.4) is 0 Å². The van der Waals surface area contributed by atoms with E-state index in [0.29, 0.717) is 16.3 Å². The molecule has 2 aromatic rings. The number of amides is 2. The van der Waals surface area contributed by atoms with Gasteiger partial charge in [0.05, 0.1) is 11.6 Å². The van der Waals surface area contributed by atoms with Gasteiger partial charge in [0, 0.05) is 10.7 Å². The van der Waals surface area contributed by atoms with E-state index in [9.17, 15) is 9.59 Å². The van der Waals surface area contributed by atoms with Crippen LogP contribution in [0.15, 0.2) is 65.9 Å². The van der Waals surface area contributed by atoms with Gasteiger partial charge in [-0.15, -0.1) is 0 Å². The lowest BCUT2D eigenvalue weighted by Crippen LogP contribution is -2.45. The van der Waals surface area contributed by atoms with Gasteiger partial charge in [-0.05, 0) is 30.2 Å². The average Bonchev–Trinajstić information content (AvgIpc) is 2.61. The zero-order valence-corrected chi connectivity index (χ0v) is 14.3. The molecule has 3 rings (SSSR count). The van der Waals surface area contributed by atoms with Crippen LogP contribution in [0, 0.1) is 0 Å². The Bertz CT molecular complexity index is 816. The van der Waals surface area contributed by atoms with E-state index in [4.69, 9.17) is 16.3 Å². The van der Waals surface area contributed by atoms with Crippen LogP contribution in [-0.2, 0) is 16.1 Å². The number of carbonyl (C=O) groups is 2. The molecule has 1 aliphatic rings. The molecule has 0 aliphatic carbocycles. The number of allylic oxidation sites excluding steroid dienone is 1. The van der Waals surface area contributed by atoms with Crippen LogP contribution in [0.2, 0.25) is 5.02 Å². The van der Waals surface area contributed by atoms with E-state index in [1.807, 2.05) is 30.3 Å². The summed E-state index contributed by atoms with van der Waals surface area (Å²) in [5, 5.41) is 6.02. The predicted molar refractivity (Wildman–Crippen MR) is 94.8 cm³/mol. The molecular formula is C19H17ClN2O3. The highest BCUT2D eigenvalue weighted by Gasteiger charge is 2.32. The van der Waals surface area contributed by atoms with E-state index in [1.165, 1.54) is 0 Å². The summed E-state index contributed by atoms with van der Waals surface area (Å²) in [6.45, 7) is 1.82. The Hall–Kier alpha value is -2.79. The first kappa shape index (κ1) is 17.0. The fraction of sp³-hybridized carbons (Fsp3) is 0.158. The van der Waals surface area contributed by atoms with Crippen molar-refractivity contribution in [3.05, 3.63) is 82.0 Å². The minimum Gasteiger partial charge on any atom is -0.457 e. The molecule has 6 heteroatoms. The Morgan fingerprint density at radius 2 is 1.80 bits per heavy atom. The standard InChI is InChI=1S/C19H17ClN2O3/c1-12-16(18(23)25-11-13-7-9-15(20)10-8-13)17(22-19(24)21-12)14-5-3-2-4-6-14/h2-10,17H,11H2,1H3,(H2,21,22,24). The summed E-state index contributed by atoms with van der Waals surface area (Å²) in [6, 6.07) is 15.5. The Morgan fingerprint density at radius 1 is 1.12 bits per heavy atom. The third-order valence-corrected chi connectivity index (χ3v) is 4.16. The number of halogens is 1. The van der Waals surface area contributed by atoms with Gasteiger partial charge < -0.3 is 15.4 Å². The number of urea groups is 1. The van der Waals surface area contributed by atoms with Crippen molar-refractivity contribution in [3.63, 3.8) is 0 Å². The van der Waals surface area contributed by atoms with Crippen molar-refractivity contribution in [2.45, 2.75) is 19.6 Å². The smallest absolute Gasteiger partial charge is 0.338 e. The van der Waals surface area contributed by atoms with Crippen LogP contribution in [0.4, 0.5) is 4.79 Å². The zero-order chi connectivity index (χ0) is 17.8. The number of rotatable bonds is 4. The summed E-state index contributed by atoms with van der Waals surface area (Å²) in [5.74, 6) is -0.478. The van der Waals surface area contributed by atoms with Crippen LogP contribution in [0.5, 0.6) is 0 Å². The summed E-state index contributed by atoms with van der Waals surface area (Å²) >= 11 is 5.85. The first-order chi connectivity index (χ1) is 12.0. The second-order valence-corrected chi connectivity index (χ2v) is 6.12. The summed E-state index contributed by atoms with van der Waals surface area (Å²) in [4.78, 5) is 24.5. The number of esters is 1. The van der Waals surface area contributed by atoms with Crippen LogP contribution in [0.1, 0.15) is 24.1 Å². The lowest BCUT2D eigenvalue weighted by atomic mass is 9.96. The highest BCUT2D eigenvalue weighted by atomic mass is 35.5. The number of nitrogens with one attached hydrogen (secondary N) is 2. The molecule has 0 fully saturated rings. The summed E-state index contributed by atoms with van der Waals surface area (Å²) in [5.41, 5.74) is 2.52. The van der Waals surface area contributed by atoms with E-state index >= 15 is 0 Å². The lowest BCUT2D eigenvalue weighted by molar-refractivity contribution is -0.140. The van der Waals surface area contributed by atoms with E-state index in [-0.39, 0.29) is 12.6 Å². The fourth-order valence-electron chi connectivity index (χ4n) is 2.67. The monoisotopic (exact) mass is 356 g/mol. The molecule has 128 valence electrons. The normalized spacial score (nSPS) is 16.9. The second kappa shape index (κ2) is 7.40. The van der Waals surface area contributed by atoms with Gasteiger partial charge in [0.1, 0.15) is 6.61 Å². The molecule has 0 saturated carbocycles. The number of hydrogen-bond donors (Lipinski definition) is 2. The van der Waals surface area contributed by atoms with Crippen molar-refractivity contribution in [2.24, 2.45) is 0 Å². The first-order valence-electron chi connectivity index (χ1n) is 7.79. The predicted octanol–water partition coefficient (Wildman–Crippen LogP) is 3.71. The largest absolute Gasteiger partial charge is 0.457 e. The molecule has 0 saturated heterocycles. The van der Waals surface area contributed by atoms with Gasteiger partial charge in [-0.25, -0.2) is 9.59 Å². The fourth-order valence-corrected chi connectivity index (χ4v) is 2.79. The molecule has 25 heavy (non-hydrogen) atoms. The number of carbonyl (C=O) groups excluding carboxylic acids is 2. The Labute approximate surface area is 150 Å². The molecule has 1 aliphatic heterocycles. The molecule has 1 unspecified atom stereocenters. The minimum atomic E-state index is -0.548. The van der Waals surface area contributed by atoms with Gasteiger partial charge in [0.2, 0.25) is 0 Å². The van der Waals surface area contributed by atoms with Gasteiger partial charge in [-0.3, -0.25) is 0 Å². The molecule has 2 aromatic carbocycles. The molecule has 1 heterocycles. The van der Waals surface area contributed by atoms with Crippen molar-refractivity contribution in [1.82, 2.24) is 10.6 Å². The number of benzene rings is 2. The Kier molecular flexibility index (Phi) is 5.05. The molecule has 0 spiro atoms. The Balaban J connectivity index is 1.81. The lowest BCUT2D eigenvalue weighted by Gasteiger charge is -2.28. The molecule has 2 amide bonds. The van der Waals surface area contributed by atoms with E-state index in [0.717, 1.165) is 11.1 Å². The first-order valence-corrected chi connectivity index (χ1v) is 8.17. The minimum absolute atomic E-state index is 0.127. The van der Waals surface area contributed by atoms with Gasteiger partial charge in [-0.1, -0.05) is 54.1 Å². The molecule has 1 atom stereocenters. The summed E-state index contributed by atoms with van der Waals surface area (Å²) in [6.07, 6.45) is 0. The maximum absolute atomic E-state index is 12.6. The molecule has 0 bridgehead atoms. The molecule has 0 aromatic heterocycles. The summed E-state index contributed by atoms with van der Waals surface area (Å²) < 4.78 is 5.43. The number of hydrogen-bond acceptors (Lipinski definition) is 3. The SMILES string of the molecule is CC1=C(C(=O)OCc2ccc(Cl)cc2)C(c2ccccc2)NC(=O)N1. The maximum atomic E-state index is 12.6. The quantitative estimate of drug-likeness (QED) is 0.820. The third-order valence-electron chi connectivity index (χ3n) is 3.91. The zero-order valence-electron chi connectivity index (χ0n) is 13.6. The number of ether oxygens (including phenoxy) is 1. The Morgan fingerprint density at radius 3 is 2.48 bits per heavy atom. The highest BCUT2D eigenvalue weighted by molar-refractivity contribution is 6.30. The van der Waals surface area contributed by atoms with Crippen LogP contribution < -0.4 is 10.6 Å². The second-order valence-electron chi connectivity index (χ2n) is 5.68. The van der Waals surface area contributed by atoms with Crippen LogP contribution in [-0.4, -0.2) is 12.0 Å².